The van der Waals surface area contributed by atoms with E-state index in [4.69, 9.17) is 4.74 Å². The van der Waals surface area contributed by atoms with E-state index in [9.17, 15) is 9.18 Å². The summed E-state index contributed by atoms with van der Waals surface area (Å²) in [4.78, 5) is 15.5. The fraction of sp³-hybridized carbons (Fsp3) is 0.231. The highest BCUT2D eigenvalue weighted by Gasteiger charge is 2.04. The Morgan fingerprint density at radius 2 is 2.16 bits per heavy atom. The van der Waals surface area contributed by atoms with Gasteiger partial charge in [-0.2, -0.15) is 0 Å². The molecule has 0 spiro atoms. The number of carbonyl (C=O) groups is 1. The van der Waals surface area contributed by atoms with Crippen molar-refractivity contribution in [1.29, 1.82) is 0 Å². The molecule has 0 fully saturated rings. The van der Waals surface area contributed by atoms with Crippen molar-refractivity contribution in [3.05, 3.63) is 41.7 Å². The number of thiazole rings is 1. The Labute approximate surface area is 114 Å². The summed E-state index contributed by atoms with van der Waals surface area (Å²) in [6, 6.07) is 5.80. The standard InChI is InChI=1S/C13H13FN2O2S/c14-10-3-5-11(6-4-10)18-8-1-2-12(17)16-13-15-7-9-19-13/h3-7,9H,1-2,8H2,(H,15,16,17). The Bertz CT molecular complexity index is 514. The summed E-state index contributed by atoms with van der Waals surface area (Å²) < 4.78 is 18.0. The van der Waals surface area contributed by atoms with E-state index in [1.807, 2.05) is 0 Å². The monoisotopic (exact) mass is 280 g/mol. The van der Waals surface area contributed by atoms with Crippen LogP contribution in [0.1, 0.15) is 12.8 Å². The zero-order chi connectivity index (χ0) is 13.5. The van der Waals surface area contributed by atoms with Crippen molar-refractivity contribution >= 4 is 22.4 Å². The fourth-order valence-electron chi connectivity index (χ4n) is 1.42. The summed E-state index contributed by atoms with van der Waals surface area (Å²) in [5, 5.41) is 5.09. The van der Waals surface area contributed by atoms with Crippen molar-refractivity contribution < 1.29 is 13.9 Å². The summed E-state index contributed by atoms with van der Waals surface area (Å²) in [7, 11) is 0. The highest BCUT2D eigenvalue weighted by molar-refractivity contribution is 7.13. The van der Waals surface area contributed by atoms with Crippen molar-refractivity contribution in [1.82, 2.24) is 4.98 Å². The van der Waals surface area contributed by atoms with Crippen LogP contribution in [0.3, 0.4) is 0 Å². The smallest absolute Gasteiger partial charge is 0.226 e. The summed E-state index contributed by atoms with van der Waals surface area (Å²) in [5.41, 5.74) is 0. The molecule has 1 aromatic carbocycles. The van der Waals surface area contributed by atoms with Gasteiger partial charge in [-0.05, 0) is 30.7 Å². The summed E-state index contributed by atoms with van der Waals surface area (Å²) >= 11 is 1.38. The number of nitrogens with zero attached hydrogens (tertiary/aromatic N) is 1. The quantitative estimate of drug-likeness (QED) is 0.827. The molecule has 2 aromatic rings. The summed E-state index contributed by atoms with van der Waals surface area (Å²) in [5.74, 6) is 0.217. The topological polar surface area (TPSA) is 51.2 Å². The molecule has 19 heavy (non-hydrogen) atoms. The van der Waals surface area contributed by atoms with Crippen molar-refractivity contribution in [3.63, 3.8) is 0 Å². The molecule has 0 unspecified atom stereocenters. The molecule has 1 amide bonds. The molecule has 0 saturated carbocycles. The normalized spacial score (nSPS) is 10.2. The van der Waals surface area contributed by atoms with E-state index in [0.717, 1.165) is 0 Å². The Morgan fingerprint density at radius 3 is 2.84 bits per heavy atom. The van der Waals surface area contributed by atoms with E-state index in [1.54, 1.807) is 23.7 Å². The second kappa shape index (κ2) is 6.84. The van der Waals surface area contributed by atoms with E-state index in [1.165, 1.54) is 23.5 Å². The number of anilines is 1. The summed E-state index contributed by atoms with van der Waals surface area (Å²) in [6.45, 7) is 0.414. The number of hydrogen-bond acceptors (Lipinski definition) is 4. The van der Waals surface area contributed by atoms with Crippen LogP contribution >= 0.6 is 11.3 Å². The number of benzene rings is 1. The molecule has 0 bridgehead atoms. The van der Waals surface area contributed by atoms with Gasteiger partial charge in [-0.15, -0.1) is 11.3 Å². The third-order valence-corrected chi connectivity index (χ3v) is 3.00. The maximum absolute atomic E-state index is 12.6. The first-order chi connectivity index (χ1) is 9.24. The van der Waals surface area contributed by atoms with Crippen molar-refractivity contribution in [2.75, 3.05) is 11.9 Å². The van der Waals surface area contributed by atoms with Crippen molar-refractivity contribution in [3.8, 4) is 5.75 Å². The van der Waals surface area contributed by atoms with Gasteiger partial charge in [0.1, 0.15) is 11.6 Å². The molecule has 0 aliphatic carbocycles. The van der Waals surface area contributed by atoms with E-state index in [-0.39, 0.29) is 11.7 Å². The minimum atomic E-state index is -0.296. The number of halogens is 1. The molecular formula is C13H13FN2O2S. The van der Waals surface area contributed by atoms with Crippen LogP contribution in [0.4, 0.5) is 9.52 Å². The number of nitrogens with one attached hydrogen (secondary N) is 1. The van der Waals surface area contributed by atoms with Crippen molar-refractivity contribution in [2.24, 2.45) is 0 Å². The zero-order valence-electron chi connectivity index (χ0n) is 10.1. The minimum Gasteiger partial charge on any atom is -0.494 e. The van der Waals surface area contributed by atoms with Crippen LogP contribution in [0.15, 0.2) is 35.8 Å². The molecule has 1 heterocycles. The second-order valence-electron chi connectivity index (χ2n) is 3.79. The van der Waals surface area contributed by atoms with Gasteiger partial charge in [0.25, 0.3) is 0 Å². The lowest BCUT2D eigenvalue weighted by Crippen LogP contribution is -2.12. The third kappa shape index (κ3) is 4.67. The maximum Gasteiger partial charge on any atom is 0.226 e. The molecule has 1 N–H and O–H groups in total. The van der Waals surface area contributed by atoms with E-state index in [2.05, 4.69) is 10.3 Å². The molecule has 6 heteroatoms. The van der Waals surface area contributed by atoms with Crippen LogP contribution in [0.2, 0.25) is 0 Å². The lowest BCUT2D eigenvalue weighted by molar-refractivity contribution is -0.116. The number of aromatic nitrogens is 1. The van der Waals surface area contributed by atoms with Crippen LogP contribution in [-0.2, 0) is 4.79 Å². The van der Waals surface area contributed by atoms with Gasteiger partial charge < -0.3 is 10.1 Å². The van der Waals surface area contributed by atoms with E-state index in [0.29, 0.717) is 30.3 Å². The number of hydrogen-bond donors (Lipinski definition) is 1. The third-order valence-electron chi connectivity index (χ3n) is 2.31. The number of rotatable bonds is 6. The number of amides is 1. The van der Waals surface area contributed by atoms with E-state index < -0.39 is 0 Å². The highest BCUT2D eigenvalue weighted by Crippen LogP contribution is 2.12. The molecule has 0 aliphatic rings. The lowest BCUT2D eigenvalue weighted by Gasteiger charge is -2.05. The molecule has 4 nitrogen and oxygen atoms in total. The van der Waals surface area contributed by atoms with Crippen LogP contribution < -0.4 is 10.1 Å². The van der Waals surface area contributed by atoms with Gasteiger partial charge in [0, 0.05) is 18.0 Å². The second-order valence-corrected chi connectivity index (χ2v) is 4.69. The molecule has 100 valence electrons. The Balaban J connectivity index is 1.64. The largest absolute Gasteiger partial charge is 0.494 e. The molecule has 0 radical (unpaired) electrons. The molecule has 0 atom stereocenters. The van der Waals surface area contributed by atoms with Crippen LogP contribution in [0.25, 0.3) is 0 Å². The Kier molecular flexibility index (Phi) is 4.85. The van der Waals surface area contributed by atoms with Gasteiger partial charge in [-0.1, -0.05) is 0 Å². The average Bonchev–Trinajstić information content (AvgIpc) is 2.89. The Hall–Kier alpha value is -1.95. The molecule has 0 saturated heterocycles. The van der Waals surface area contributed by atoms with Crippen LogP contribution in [0, 0.1) is 5.82 Å². The first-order valence-corrected chi connectivity index (χ1v) is 6.70. The van der Waals surface area contributed by atoms with Gasteiger partial charge in [-0.25, -0.2) is 9.37 Å². The Morgan fingerprint density at radius 1 is 1.37 bits per heavy atom. The maximum atomic E-state index is 12.6. The predicted octanol–water partition coefficient (Wildman–Crippen LogP) is 3.08. The van der Waals surface area contributed by atoms with Crippen LogP contribution in [-0.4, -0.2) is 17.5 Å². The molecular weight excluding hydrogens is 267 g/mol. The first kappa shape index (κ1) is 13.5. The minimum absolute atomic E-state index is 0.0855. The fourth-order valence-corrected chi connectivity index (χ4v) is 1.97. The zero-order valence-corrected chi connectivity index (χ0v) is 11.0. The SMILES string of the molecule is O=C(CCCOc1ccc(F)cc1)Nc1nccs1. The summed E-state index contributed by atoms with van der Waals surface area (Å²) in [6.07, 6.45) is 2.59. The lowest BCUT2D eigenvalue weighted by atomic mass is 10.3. The van der Waals surface area contributed by atoms with Crippen molar-refractivity contribution in [2.45, 2.75) is 12.8 Å². The van der Waals surface area contributed by atoms with E-state index >= 15 is 0 Å². The molecule has 1 aromatic heterocycles. The first-order valence-electron chi connectivity index (χ1n) is 5.82. The highest BCUT2D eigenvalue weighted by atomic mass is 32.1. The van der Waals surface area contributed by atoms with Gasteiger partial charge >= 0.3 is 0 Å². The predicted molar refractivity (Wildman–Crippen MR) is 71.9 cm³/mol. The van der Waals surface area contributed by atoms with Crippen LogP contribution in [0.5, 0.6) is 5.75 Å². The average molecular weight is 280 g/mol. The molecule has 2 rings (SSSR count). The van der Waals surface area contributed by atoms with Gasteiger partial charge in [-0.3, -0.25) is 4.79 Å². The number of carbonyl (C=O) groups excluding carboxylic acids is 1. The van der Waals surface area contributed by atoms with Gasteiger partial charge in [0.15, 0.2) is 5.13 Å². The van der Waals surface area contributed by atoms with Gasteiger partial charge in [0.05, 0.1) is 6.61 Å². The molecule has 0 aliphatic heterocycles. The van der Waals surface area contributed by atoms with Gasteiger partial charge in [0.2, 0.25) is 5.91 Å². The number of ether oxygens (including phenoxy) is 1.